The van der Waals surface area contributed by atoms with Crippen molar-refractivity contribution < 1.29 is 14.2 Å². The molecule has 0 aliphatic carbocycles. The summed E-state index contributed by atoms with van der Waals surface area (Å²) in [5, 5.41) is 10.6. The van der Waals surface area contributed by atoms with Crippen molar-refractivity contribution in [2.75, 3.05) is 50.0 Å². The lowest BCUT2D eigenvalue weighted by Crippen LogP contribution is -2.49. The first-order valence-electron chi connectivity index (χ1n) is 12.3. The summed E-state index contributed by atoms with van der Waals surface area (Å²) in [6.45, 7) is 10.5. The minimum atomic E-state index is -0.552. The summed E-state index contributed by atoms with van der Waals surface area (Å²) in [7, 11) is 0. The minimum absolute atomic E-state index is 0. The molecule has 0 amide bonds. The predicted octanol–water partition coefficient (Wildman–Crippen LogP) is 5.75. The number of halogens is 4. The Morgan fingerprint density at radius 1 is 0.868 bits per heavy atom. The van der Waals surface area contributed by atoms with Crippen molar-refractivity contribution in [1.29, 1.82) is 0 Å². The molecular formula is C29H39Cl3FN3O2. The second-order valence-electron chi connectivity index (χ2n) is 9.58. The Labute approximate surface area is 244 Å². The third-order valence-electron chi connectivity index (χ3n) is 6.95. The van der Waals surface area contributed by atoms with Crippen LogP contribution in [0.25, 0.3) is 0 Å². The van der Waals surface area contributed by atoms with E-state index in [9.17, 15) is 9.50 Å². The number of hydrogen-bond acceptors (Lipinski definition) is 5. The van der Waals surface area contributed by atoms with Crippen LogP contribution >= 0.6 is 37.2 Å². The van der Waals surface area contributed by atoms with Crippen molar-refractivity contribution in [3.05, 3.63) is 88.2 Å². The van der Waals surface area contributed by atoms with Crippen molar-refractivity contribution in [3.8, 4) is 5.75 Å². The van der Waals surface area contributed by atoms with Crippen molar-refractivity contribution in [3.63, 3.8) is 0 Å². The van der Waals surface area contributed by atoms with E-state index in [1.165, 1.54) is 23.4 Å². The SMILES string of the molecule is Cc1cc(N)c(C)c(C)c1OC[C@@H](O)CN1CCN(c2ccc(Cc3ccc(F)cc3)cc2)CC1.Cl.Cl.Cl. The molecule has 3 aromatic rings. The average molecular weight is 587 g/mol. The average Bonchev–Trinajstić information content (AvgIpc) is 2.85. The summed E-state index contributed by atoms with van der Waals surface area (Å²) in [6, 6.07) is 17.2. The molecule has 1 saturated heterocycles. The number of ether oxygens (including phenoxy) is 1. The van der Waals surface area contributed by atoms with Gasteiger partial charge in [0.05, 0.1) is 0 Å². The van der Waals surface area contributed by atoms with Crippen LogP contribution in [0.3, 0.4) is 0 Å². The van der Waals surface area contributed by atoms with E-state index in [1.807, 2.05) is 39.0 Å². The lowest BCUT2D eigenvalue weighted by molar-refractivity contribution is 0.0658. The fourth-order valence-electron chi connectivity index (χ4n) is 4.69. The zero-order valence-corrected chi connectivity index (χ0v) is 24.6. The lowest BCUT2D eigenvalue weighted by atomic mass is 10.0. The van der Waals surface area contributed by atoms with E-state index in [4.69, 9.17) is 10.5 Å². The van der Waals surface area contributed by atoms with Crippen molar-refractivity contribution >= 4 is 48.6 Å². The molecule has 210 valence electrons. The summed E-state index contributed by atoms with van der Waals surface area (Å²) in [5.41, 5.74) is 13.4. The molecule has 1 fully saturated rings. The second kappa shape index (κ2) is 15.4. The van der Waals surface area contributed by atoms with Gasteiger partial charge >= 0.3 is 0 Å². The Morgan fingerprint density at radius 3 is 2.00 bits per heavy atom. The van der Waals surface area contributed by atoms with Gasteiger partial charge in [-0.2, -0.15) is 0 Å². The molecule has 0 unspecified atom stereocenters. The highest BCUT2D eigenvalue weighted by Gasteiger charge is 2.20. The first-order valence-corrected chi connectivity index (χ1v) is 12.3. The maximum Gasteiger partial charge on any atom is 0.125 e. The van der Waals surface area contributed by atoms with Crippen LogP contribution in [-0.2, 0) is 6.42 Å². The van der Waals surface area contributed by atoms with Gasteiger partial charge in [0.1, 0.15) is 24.3 Å². The highest BCUT2D eigenvalue weighted by molar-refractivity contribution is 5.86. The van der Waals surface area contributed by atoms with E-state index < -0.39 is 6.10 Å². The van der Waals surface area contributed by atoms with Gasteiger partial charge in [-0.15, -0.1) is 37.2 Å². The highest BCUT2D eigenvalue weighted by Crippen LogP contribution is 2.30. The van der Waals surface area contributed by atoms with Crippen molar-refractivity contribution in [2.24, 2.45) is 0 Å². The molecule has 1 aliphatic rings. The number of rotatable bonds is 8. The first-order chi connectivity index (χ1) is 16.8. The molecule has 0 aromatic heterocycles. The molecule has 9 heteroatoms. The number of aryl methyl sites for hydroxylation is 1. The number of β-amino-alcohol motifs (C(OH)–C–C–N with tert-alkyl or cyclic N) is 1. The topological polar surface area (TPSA) is 62.0 Å². The van der Waals surface area contributed by atoms with E-state index in [1.54, 1.807) is 0 Å². The number of nitrogen functional groups attached to an aromatic ring is 1. The number of nitrogens with zero attached hydrogens (tertiary/aromatic N) is 2. The Morgan fingerprint density at radius 2 is 1.42 bits per heavy atom. The Kier molecular flexibility index (Phi) is 13.7. The molecule has 1 heterocycles. The first kappa shape index (κ1) is 33.8. The molecule has 0 radical (unpaired) electrons. The number of aliphatic hydroxyl groups excluding tert-OH is 1. The van der Waals surface area contributed by atoms with Gasteiger partial charge in [-0.05, 0) is 85.3 Å². The van der Waals surface area contributed by atoms with E-state index in [2.05, 4.69) is 34.1 Å². The van der Waals surface area contributed by atoms with Gasteiger partial charge in [0, 0.05) is 44.1 Å². The van der Waals surface area contributed by atoms with Crippen LogP contribution in [0.1, 0.15) is 27.8 Å². The summed E-state index contributed by atoms with van der Waals surface area (Å²) in [5.74, 6) is 0.619. The van der Waals surface area contributed by atoms with Crippen LogP contribution in [0.15, 0.2) is 54.6 Å². The van der Waals surface area contributed by atoms with E-state index in [0.29, 0.717) is 6.54 Å². The van der Waals surface area contributed by atoms with Gasteiger partial charge < -0.3 is 20.5 Å². The van der Waals surface area contributed by atoms with Gasteiger partial charge in [0.15, 0.2) is 0 Å². The molecule has 0 saturated carbocycles. The highest BCUT2D eigenvalue weighted by atomic mass is 35.5. The second-order valence-corrected chi connectivity index (χ2v) is 9.58. The molecule has 3 aromatic carbocycles. The monoisotopic (exact) mass is 585 g/mol. The zero-order valence-electron chi connectivity index (χ0n) is 22.2. The summed E-state index contributed by atoms with van der Waals surface area (Å²) < 4.78 is 19.1. The Bertz CT molecular complexity index is 1140. The van der Waals surface area contributed by atoms with Crippen LogP contribution in [-0.4, -0.2) is 55.4 Å². The van der Waals surface area contributed by atoms with Crippen LogP contribution in [0.4, 0.5) is 15.8 Å². The fourth-order valence-corrected chi connectivity index (χ4v) is 4.69. The molecule has 1 aliphatic heterocycles. The minimum Gasteiger partial charge on any atom is -0.490 e. The normalized spacial score (nSPS) is 14.1. The Balaban J connectivity index is 0.00000241. The van der Waals surface area contributed by atoms with Gasteiger partial charge in [0.25, 0.3) is 0 Å². The summed E-state index contributed by atoms with van der Waals surface area (Å²) >= 11 is 0. The van der Waals surface area contributed by atoms with Gasteiger partial charge in [-0.25, -0.2) is 4.39 Å². The van der Waals surface area contributed by atoms with Crippen LogP contribution in [0.2, 0.25) is 0 Å². The van der Waals surface area contributed by atoms with Crippen molar-refractivity contribution in [2.45, 2.75) is 33.3 Å². The molecule has 38 heavy (non-hydrogen) atoms. The predicted molar refractivity (Wildman–Crippen MR) is 163 cm³/mol. The number of anilines is 2. The van der Waals surface area contributed by atoms with Crippen LogP contribution < -0.4 is 15.4 Å². The molecule has 0 spiro atoms. The van der Waals surface area contributed by atoms with Gasteiger partial charge in [0.2, 0.25) is 0 Å². The number of aliphatic hydroxyl groups is 1. The Hall–Kier alpha value is -2.22. The van der Waals surface area contributed by atoms with Gasteiger partial charge in [-0.1, -0.05) is 24.3 Å². The third-order valence-corrected chi connectivity index (χ3v) is 6.95. The largest absolute Gasteiger partial charge is 0.490 e. The summed E-state index contributed by atoms with van der Waals surface area (Å²) in [4.78, 5) is 4.67. The molecular weight excluding hydrogens is 548 g/mol. The van der Waals surface area contributed by atoms with E-state index in [-0.39, 0.29) is 49.6 Å². The van der Waals surface area contributed by atoms with E-state index >= 15 is 0 Å². The molecule has 5 nitrogen and oxygen atoms in total. The fraction of sp³-hybridized carbons (Fsp3) is 0.379. The maximum absolute atomic E-state index is 13.1. The van der Waals surface area contributed by atoms with E-state index in [0.717, 1.165) is 66.3 Å². The quantitative estimate of drug-likeness (QED) is 0.329. The van der Waals surface area contributed by atoms with Gasteiger partial charge in [-0.3, -0.25) is 4.90 Å². The number of piperazine rings is 1. The number of nitrogens with two attached hydrogens (primary N) is 1. The molecule has 4 rings (SSSR count). The lowest BCUT2D eigenvalue weighted by Gasteiger charge is -2.37. The standard InChI is InChI=1S/C29H36FN3O2.3ClH/c1-20-16-28(31)21(2)22(3)29(20)35-19-27(34)18-32-12-14-33(15-13-32)26-10-6-24(7-11-26)17-23-4-8-25(30)9-5-23;;;/h4-11,16,27,34H,12-15,17-19,31H2,1-3H3;3*1H/t27-;;;/m0.../s1. The van der Waals surface area contributed by atoms with Crippen LogP contribution in [0.5, 0.6) is 5.75 Å². The number of benzene rings is 3. The van der Waals surface area contributed by atoms with Crippen molar-refractivity contribution in [1.82, 2.24) is 4.90 Å². The zero-order chi connectivity index (χ0) is 24.9. The van der Waals surface area contributed by atoms with Crippen LogP contribution in [0, 0.1) is 26.6 Å². The third kappa shape index (κ3) is 8.65. The molecule has 1 atom stereocenters. The summed E-state index contributed by atoms with van der Waals surface area (Å²) in [6.07, 6.45) is 0.243. The smallest absolute Gasteiger partial charge is 0.125 e. The maximum atomic E-state index is 13.1. The molecule has 3 N–H and O–H groups in total. The number of hydrogen-bond donors (Lipinski definition) is 2. The molecule has 0 bridgehead atoms.